The number of ether oxygens (including phenoxy) is 1. The van der Waals surface area contributed by atoms with Gasteiger partial charge in [0.1, 0.15) is 18.1 Å². The summed E-state index contributed by atoms with van der Waals surface area (Å²) >= 11 is 2.55. The van der Waals surface area contributed by atoms with Gasteiger partial charge in [0.25, 0.3) is 10.0 Å². The molecule has 0 spiro atoms. The Hall–Kier alpha value is -2.70. The molecule has 0 radical (unpaired) electrons. The lowest BCUT2D eigenvalue weighted by molar-refractivity contribution is -0.114. The van der Waals surface area contributed by atoms with Crippen molar-refractivity contribution in [2.45, 2.75) is 16.2 Å². The first-order chi connectivity index (χ1) is 14.8. The fourth-order valence-electron chi connectivity index (χ4n) is 2.56. The van der Waals surface area contributed by atoms with Crippen LogP contribution in [-0.2, 0) is 14.8 Å². The first-order valence-electron chi connectivity index (χ1n) is 9.02. The van der Waals surface area contributed by atoms with Gasteiger partial charge in [-0.3, -0.25) is 14.4 Å². The van der Waals surface area contributed by atoms with Crippen LogP contribution in [0, 0.1) is 5.82 Å². The Morgan fingerprint density at radius 2 is 1.84 bits per heavy atom. The summed E-state index contributed by atoms with van der Waals surface area (Å²) in [6.45, 7) is 1.73. The molecule has 3 rings (SSSR count). The Bertz CT molecular complexity index is 1140. The van der Waals surface area contributed by atoms with Crippen molar-refractivity contribution >= 4 is 49.8 Å². The van der Waals surface area contributed by atoms with Crippen LogP contribution in [0.3, 0.4) is 0 Å². The van der Waals surface area contributed by atoms with Crippen molar-refractivity contribution in [2.75, 3.05) is 29.0 Å². The van der Waals surface area contributed by atoms with Gasteiger partial charge in [-0.1, -0.05) is 23.1 Å². The van der Waals surface area contributed by atoms with Gasteiger partial charge in [0.05, 0.1) is 17.2 Å². The maximum atomic E-state index is 13.4. The van der Waals surface area contributed by atoms with Crippen LogP contribution in [0.5, 0.6) is 5.75 Å². The lowest BCUT2D eigenvalue weighted by Gasteiger charge is -2.24. The van der Waals surface area contributed by atoms with Gasteiger partial charge in [-0.15, -0.1) is 10.2 Å². The fraction of sp³-hybridized carbons (Fsp3) is 0.211. The lowest BCUT2D eigenvalue weighted by atomic mass is 10.3. The van der Waals surface area contributed by atoms with Gasteiger partial charge in [0, 0.05) is 0 Å². The predicted octanol–water partition coefficient (Wildman–Crippen LogP) is 3.63. The van der Waals surface area contributed by atoms with Crippen LogP contribution >= 0.6 is 23.1 Å². The number of anilines is 2. The highest BCUT2D eigenvalue weighted by Crippen LogP contribution is 2.26. The Morgan fingerprint density at radius 1 is 1.16 bits per heavy atom. The minimum Gasteiger partial charge on any atom is -0.494 e. The second-order valence-electron chi connectivity index (χ2n) is 6.02. The topological polar surface area (TPSA) is 101 Å². The molecule has 0 aliphatic heterocycles. The normalized spacial score (nSPS) is 11.2. The van der Waals surface area contributed by atoms with Gasteiger partial charge in [-0.05, 0) is 61.7 Å². The summed E-state index contributed by atoms with van der Waals surface area (Å²) in [6.07, 6.45) is 1.83. The van der Waals surface area contributed by atoms with Gasteiger partial charge in [0.2, 0.25) is 11.0 Å². The minimum absolute atomic E-state index is 0.0336. The van der Waals surface area contributed by atoms with Crippen LogP contribution in [0.2, 0.25) is 0 Å². The summed E-state index contributed by atoms with van der Waals surface area (Å²) in [7, 11) is -4.13. The molecule has 2 aromatic carbocycles. The predicted molar refractivity (Wildman–Crippen MR) is 119 cm³/mol. The number of aromatic nitrogens is 2. The summed E-state index contributed by atoms with van der Waals surface area (Å²) in [5, 5.41) is 10.5. The standard InChI is InChI=1S/C19H19FN4O4S3/c1-3-28-15-8-10-16(11-9-15)31(26,27)24(14-6-4-13(20)5-7-14)12-17(25)21-18-22-23-19(29-2)30-18/h4-11H,3,12H2,1-2H3,(H,21,22,25). The van der Waals surface area contributed by atoms with E-state index in [-0.39, 0.29) is 15.7 Å². The van der Waals surface area contributed by atoms with Crippen molar-refractivity contribution in [1.82, 2.24) is 10.2 Å². The molecule has 31 heavy (non-hydrogen) atoms. The van der Waals surface area contributed by atoms with Crippen molar-refractivity contribution in [3.8, 4) is 5.75 Å². The number of sulfonamides is 1. The van der Waals surface area contributed by atoms with E-state index in [9.17, 15) is 17.6 Å². The molecular formula is C19H19FN4O4S3. The van der Waals surface area contributed by atoms with E-state index in [0.29, 0.717) is 16.7 Å². The van der Waals surface area contributed by atoms with Crippen molar-refractivity contribution in [3.63, 3.8) is 0 Å². The molecular weight excluding hydrogens is 463 g/mol. The van der Waals surface area contributed by atoms with Crippen LogP contribution in [0.25, 0.3) is 0 Å². The first-order valence-corrected chi connectivity index (χ1v) is 12.5. The van der Waals surface area contributed by atoms with Gasteiger partial charge in [-0.2, -0.15) is 0 Å². The van der Waals surface area contributed by atoms with Crippen LogP contribution in [0.4, 0.5) is 15.2 Å². The molecule has 0 fully saturated rings. The molecule has 3 aromatic rings. The zero-order valence-electron chi connectivity index (χ0n) is 16.6. The highest BCUT2D eigenvalue weighted by molar-refractivity contribution is 8.00. The van der Waals surface area contributed by atoms with Crippen LogP contribution in [-0.4, -0.2) is 43.9 Å². The van der Waals surface area contributed by atoms with E-state index in [1.54, 1.807) is 0 Å². The zero-order chi connectivity index (χ0) is 22.4. The molecule has 1 aromatic heterocycles. The molecule has 1 N–H and O–H groups in total. The third kappa shape index (κ3) is 5.71. The van der Waals surface area contributed by atoms with Gasteiger partial charge in [-0.25, -0.2) is 12.8 Å². The minimum atomic E-state index is -4.13. The number of nitrogens with zero attached hydrogens (tertiary/aromatic N) is 3. The first kappa shape index (κ1) is 23.0. The van der Waals surface area contributed by atoms with Gasteiger partial charge >= 0.3 is 0 Å². The average Bonchev–Trinajstić information content (AvgIpc) is 3.21. The molecule has 0 saturated heterocycles. The van der Waals surface area contributed by atoms with Crippen molar-refractivity contribution in [2.24, 2.45) is 0 Å². The van der Waals surface area contributed by atoms with Crippen molar-refractivity contribution in [1.29, 1.82) is 0 Å². The molecule has 0 atom stereocenters. The quantitative estimate of drug-likeness (QED) is 0.367. The summed E-state index contributed by atoms with van der Waals surface area (Å²) in [6, 6.07) is 10.7. The van der Waals surface area contributed by atoms with Crippen molar-refractivity contribution in [3.05, 3.63) is 54.3 Å². The van der Waals surface area contributed by atoms with Gasteiger partial charge < -0.3 is 4.74 Å². The Morgan fingerprint density at radius 3 is 2.42 bits per heavy atom. The number of hydrogen-bond acceptors (Lipinski definition) is 8. The van der Waals surface area contributed by atoms with E-state index >= 15 is 0 Å². The highest BCUT2D eigenvalue weighted by Gasteiger charge is 2.27. The maximum Gasteiger partial charge on any atom is 0.264 e. The summed E-state index contributed by atoms with van der Waals surface area (Å²) in [5.41, 5.74) is 0.146. The molecule has 1 heterocycles. The SMILES string of the molecule is CCOc1ccc(S(=O)(=O)N(CC(=O)Nc2nnc(SC)s2)c2ccc(F)cc2)cc1. The summed E-state index contributed by atoms with van der Waals surface area (Å²) < 4.78 is 46.9. The molecule has 12 heteroatoms. The van der Waals surface area contributed by atoms with Crippen molar-refractivity contribution < 1.29 is 22.3 Å². The Labute approximate surface area is 187 Å². The number of nitrogens with one attached hydrogen (secondary N) is 1. The number of hydrogen-bond donors (Lipinski definition) is 1. The molecule has 0 aliphatic rings. The molecule has 1 amide bonds. The lowest BCUT2D eigenvalue weighted by Crippen LogP contribution is -2.38. The van der Waals surface area contributed by atoms with Crippen LogP contribution in [0.1, 0.15) is 6.92 Å². The zero-order valence-corrected chi connectivity index (χ0v) is 19.1. The third-order valence-corrected chi connectivity index (χ3v) is 7.55. The molecule has 0 unspecified atom stereocenters. The van der Waals surface area contributed by atoms with Crippen LogP contribution < -0.4 is 14.4 Å². The molecule has 8 nitrogen and oxygen atoms in total. The molecule has 0 saturated carbocycles. The number of thioether (sulfide) groups is 1. The van der Waals surface area contributed by atoms with E-state index < -0.39 is 28.3 Å². The second-order valence-corrected chi connectivity index (χ2v) is 9.91. The number of benzene rings is 2. The van der Waals surface area contributed by atoms with Gasteiger partial charge in [0.15, 0.2) is 4.34 Å². The van der Waals surface area contributed by atoms with E-state index in [0.717, 1.165) is 16.4 Å². The maximum absolute atomic E-state index is 13.4. The summed E-state index contributed by atoms with van der Waals surface area (Å²) in [5.74, 6) is -0.610. The Kier molecular flexibility index (Phi) is 7.46. The van der Waals surface area contributed by atoms with Crippen LogP contribution in [0.15, 0.2) is 57.8 Å². The number of halogens is 1. The molecule has 0 aliphatic carbocycles. The number of amides is 1. The third-order valence-electron chi connectivity index (χ3n) is 3.95. The average molecular weight is 483 g/mol. The smallest absolute Gasteiger partial charge is 0.264 e. The van der Waals surface area contributed by atoms with E-state index in [1.165, 1.54) is 59.5 Å². The fourth-order valence-corrected chi connectivity index (χ4v) is 5.16. The number of carbonyl (C=O) groups is 1. The largest absolute Gasteiger partial charge is 0.494 e. The Balaban J connectivity index is 1.89. The molecule has 164 valence electrons. The van der Waals surface area contributed by atoms with E-state index in [4.69, 9.17) is 4.74 Å². The monoisotopic (exact) mass is 482 g/mol. The highest BCUT2D eigenvalue weighted by atomic mass is 32.2. The van der Waals surface area contributed by atoms with E-state index in [2.05, 4.69) is 15.5 Å². The second kappa shape index (κ2) is 10.1. The number of rotatable bonds is 9. The molecule has 0 bridgehead atoms. The van der Waals surface area contributed by atoms with E-state index in [1.807, 2.05) is 13.2 Å². The summed E-state index contributed by atoms with van der Waals surface area (Å²) in [4.78, 5) is 12.6. The number of carbonyl (C=O) groups excluding carboxylic acids is 1.